The van der Waals surface area contributed by atoms with E-state index >= 15 is 0 Å². The maximum absolute atomic E-state index is 11.0. The maximum atomic E-state index is 11.0. The minimum atomic E-state index is -0.929. The number of hydrogen-bond donors (Lipinski definition) is 1. The molecule has 0 saturated carbocycles. The Balaban J connectivity index is 1.82. The number of fused-ring (bicyclic) bond motifs is 2. The van der Waals surface area contributed by atoms with E-state index in [1.165, 1.54) is 0 Å². The first-order valence-electron chi connectivity index (χ1n) is 6.41. The second-order valence-electron chi connectivity index (χ2n) is 4.94. The van der Waals surface area contributed by atoms with Crippen molar-refractivity contribution in [3.05, 3.63) is 23.8 Å². The van der Waals surface area contributed by atoms with Crippen LogP contribution in [-0.2, 0) is 4.74 Å². The molecule has 1 aromatic carbocycles. The molecule has 102 valence electrons. The van der Waals surface area contributed by atoms with Gasteiger partial charge in [0.1, 0.15) is 11.9 Å². The van der Waals surface area contributed by atoms with E-state index in [0.29, 0.717) is 11.9 Å². The Morgan fingerprint density at radius 1 is 1.47 bits per heavy atom. The quantitative estimate of drug-likeness (QED) is 0.859. The van der Waals surface area contributed by atoms with Gasteiger partial charge >= 0.3 is 5.97 Å². The lowest BCUT2D eigenvalue weighted by Crippen LogP contribution is -2.28. The molecular weight excluding hydrogens is 264 g/mol. The molecule has 2 fully saturated rings. The Bertz CT molecular complexity index is 502. The lowest BCUT2D eigenvalue weighted by molar-refractivity contribution is 0.0626. The fourth-order valence-electron chi connectivity index (χ4n) is 2.78. The molecule has 1 N–H and O–H groups in total. The zero-order chi connectivity index (χ0) is 13.4. The van der Waals surface area contributed by atoms with E-state index in [1.54, 1.807) is 30.0 Å². The van der Waals surface area contributed by atoms with Crippen LogP contribution in [0.1, 0.15) is 29.6 Å². The molecule has 0 radical (unpaired) electrons. The van der Waals surface area contributed by atoms with E-state index in [2.05, 4.69) is 0 Å². The Morgan fingerprint density at radius 3 is 2.89 bits per heavy atom. The summed E-state index contributed by atoms with van der Waals surface area (Å²) < 4.78 is 11.8. The number of hydrogen-bond acceptors (Lipinski definition) is 4. The van der Waals surface area contributed by atoms with Crippen LogP contribution in [0.3, 0.4) is 0 Å². The number of carbonyl (C=O) groups is 1. The van der Waals surface area contributed by atoms with Crippen LogP contribution in [0.15, 0.2) is 23.1 Å². The van der Waals surface area contributed by atoms with Gasteiger partial charge in [0.25, 0.3) is 0 Å². The third kappa shape index (κ3) is 2.44. The first kappa shape index (κ1) is 12.8. The minimum absolute atomic E-state index is 0.0636. The molecule has 3 rings (SSSR count). The molecule has 0 amide bonds. The van der Waals surface area contributed by atoms with Crippen LogP contribution in [0, 0.1) is 0 Å². The number of rotatable bonds is 4. The van der Waals surface area contributed by atoms with Crippen LogP contribution < -0.4 is 4.74 Å². The third-order valence-electron chi connectivity index (χ3n) is 3.74. The molecule has 19 heavy (non-hydrogen) atoms. The largest absolute Gasteiger partial charge is 0.486 e. The van der Waals surface area contributed by atoms with Gasteiger partial charge in [-0.2, -0.15) is 0 Å². The lowest BCUT2D eigenvalue weighted by atomic mass is 9.98. The number of thioether (sulfide) groups is 1. The second-order valence-corrected chi connectivity index (χ2v) is 5.78. The molecule has 3 unspecified atom stereocenters. The van der Waals surface area contributed by atoms with Gasteiger partial charge in [-0.1, -0.05) is 0 Å². The Morgan fingerprint density at radius 2 is 2.32 bits per heavy atom. The van der Waals surface area contributed by atoms with Crippen LogP contribution in [0.25, 0.3) is 0 Å². The zero-order valence-electron chi connectivity index (χ0n) is 10.7. The summed E-state index contributed by atoms with van der Waals surface area (Å²) in [4.78, 5) is 12.0. The van der Waals surface area contributed by atoms with Gasteiger partial charge in [-0.05, 0) is 37.3 Å². The Kier molecular flexibility index (Phi) is 3.41. The summed E-state index contributed by atoms with van der Waals surface area (Å²) in [5, 5.41) is 9.05. The summed E-state index contributed by atoms with van der Waals surface area (Å²) in [6, 6.07) is 5.02. The SMILES string of the molecule is CSc1ccc(C(=O)O)cc1OC1CC2CCC1O2. The predicted molar refractivity (Wildman–Crippen MR) is 72.1 cm³/mol. The summed E-state index contributed by atoms with van der Waals surface area (Å²) in [6.45, 7) is 0. The van der Waals surface area contributed by atoms with E-state index in [9.17, 15) is 4.79 Å². The number of aromatic carboxylic acids is 1. The number of carboxylic acids is 1. The summed E-state index contributed by atoms with van der Waals surface area (Å²) in [5.74, 6) is -0.268. The lowest BCUT2D eigenvalue weighted by Gasteiger charge is -2.22. The molecule has 2 saturated heterocycles. The highest BCUT2D eigenvalue weighted by atomic mass is 32.2. The van der Waals surface area contributed by atoms with E-state index < -0.39 is 5.97 Å². The van der Waals surface area contributed by atoms with Crippen molar-refractivity contribution in [3.63, 3.8) is 0 Å². The highest BCUT2D eigenvalue weighted by Crippen LogP contribution is 2.38. The maximum Gasteiger partial charge on any atom is 0.335 e. The van der Waals surface area contributed by atoms with Gasteiger partial charge in [-0.25, -0.2) is 4.79 Å². The van der Waals surface area contributed by atoms with Gasteiger partial charge in [-0.15, -0.1) is 11.8 Å². The van der Waals surface area contributed by atoms with E-state index in [1.807, 2.05) is 6.26 Å². The van der Waals surface area contributed by atoms with E-state index in [0.717, 1.165) is 24.2 Å². The van der Waals surface area contributed by atoms with Crippen LogP contribution in [0.2, 0.25) is 0 Å². The molecule has 2 heterocycles. The van der Waals surface area contributed by atoms with Gasteiger partial charge in [0.05, 0.1) is 17.8 Å². The monoisotopic (exact) mass is 280 g/mol. The smallest absolute Gasteiger partial charge is 0.335 e. The first-order chi connectivity index (χ1) is 9.17. The minimum Gasteiger partial charge on any atom is -0.486 e. The van der Waals surface area contributed by atoms with Crippen molar-refractivity contribution in [1.29, 1.82) is 0 Å². The molecule has 0 aromatic heterocycles. The Hall–Kier alpha value is -1.20. The topological polar surface area (TPSA) is 55.8 Å². The average molecular weight is 280 g/mol. The number of benzene rings is 1. The highest BCUT2D eigenvalue weighted by Gasteiger charge is 2.42. The van der Waals surface area contributed by atoms with Crippen molar-refractivity contribution in [1.82, 2.24) is 0 Å². The third-order valence-corrected chi connectivity index (χ3v) is 4.52. The van der Waals surface area contributed by atoms with Crippen LogP contribution in [0.4, 0.5) is 0 Å². The van der Waals surface area contributed by atoms with Gasteiger partial charge in [0.2, 0.25) is 0 Å². The molecule has 2 aliphatic rings. The second kappa shape index (κ2) is 5.06. The molecule has 0 spiro atoms. The van der Waals surface area contributed by atoms with E-state index in [4.69, 9.17) is 14.6 Å². The fourth-order valence-corrected chi connectivity index (χ4v) is 3.29. The molecule has 4 nitrogen and oxygen atoms in total. The molecule has 3 atom stereocenters. The standard InChI is InChI=1S/C14H16O4S/c1-19-13-5-2-8(14(15)16)6-12(13)18-11-7-9-3-4-10(11)17-9/h2,5-6,9-11H,3-4,7H2,1H3,(H,15,16). The van der Waals surface area contributed by atoms with Crippen LogP contribution in [-0.4, -0.2) is 35.6 Å². The highest BCUT2D eigenvalue weighted by molar-refractivity contribution is 7.98. The summed E-state index contributed by atoms with van der Waals surface area (Å²) in [6.07, 6.45) is 5.60. The normalized spacial score (nSPS) is 28.6. The van der Waals surface area contributed by atoms with Crippen molar-refractivity contribution >= 4 is 17.7 Å². The van der Waals surface area contributed by atoms with Crippen molar-refractivity contribution in [2.24, 2.45) is 0 Å². The molecule has 5 heteroatoms. The van der Waals surface area contributed by atoms with Crippen LogP contribution >= 0.6 is 11.8 Å². The zero-order valence-corrected chi connectivity index (χ0v) is 11.5. The number of ether oxygens (including phenoxy) is 2. The molecule has 1 aromatic rings. The molecular formula is C14H16O4S. The van der Waals surface area contributed by atoms with Crippen molar-refractivity contribution < 1.29 is 19.4 Å². The van der Waals surface area contributed by atoms with Crippen molar-refractivity contribution in [2.75, 3.05) is 6.26 Å². The summed E-state index contributed by atoms with van der Waals surface area (Å²) >= 11 is 1.56. The van der Waals surface area contributed by atoms with Gasteiger partial charge < -0.3 is 14.6 Å². The Labute approximate surface area is 116 Å². The molecule has 2 aliphatic heterocycles. The fraction of sp³-hybridized carbons (Fsp3) is 0.500. The van der Waals surface area contributed by atoms with Crippen molar-refractivity contribution in [2.45, 2.75) is 42.5 Å². The predicted octanol–water partition coefficient (Wildman–Crippen LogP) is 2.81. The molecule has 2 bridgehead atoms. The van der Waals surface area contributed by atoms with E-state index in [-0.39, 0.29) is 17.8 Å². The van der Waals surface area contributed by atoms with Gasteiger partial charge in [-0.3, -0.25) is 0 Å². The number of carboxylic acid groups (broad SMARTS) is 1. The van der Waals surface area contributed by atoms with Crippen LogP contribution in [0.5, 0.6) is 5.75 Å². The summed E-state index contributed by atoms with van der Waals surface area (Å²) in [7, 11) is 0. The van der Waals surface area contributed by atoms with Crippen molar-refractivity contribution in [3.8, 4) is 5.75 Å². The van der Waals surface area contributed by atoms with Gasteiger partial charge in [0, 0.05) is 11.3 Å². The van der Waals surface area contributed by atoms with Gasteiger partial charge in [0.15, 0.2) is 0 Å². The average Bonchev–Trinajstić information content (AvgIpc) is 3.01. The summed E-state index contributed by atoms with van der Waals surface area (Å²) in [5.41, 5.74) is 0.261. The first-order valence-corrected chi connectivity index (χ1v) is 7.63. The molecule has 0 aliphatic carbocycles.